The molecular formula is C15H13ClF3N3O2. The van der Waals surface area contributed by atoms with Gasteiger partial charge in [0.15, 0.2) is 17.5 Å². The number of hydrogen-bond donors (Lipinski definition) is 2. The molecule has 5 nitrogen and oxygen atoms in total. The Hall–Kier alpha value is -2.32. The summed E-state index contributed by atoms with van der Waals surface area (Å²) < 4.78 is 41.2. The summed E-state index contributed by atoms with van der Waals surface area (Å²) in [5, 5.41) is 2.84. The van der Waals surface area contributed by atoms with Crippen molar-refractivity contribution in [3.05, 3.63) is 51.9 Å². The quantitative estimate of drug-likeness (QED) is 0.628. The zero-order valence-electron chi connectivity index (χ0n) is 12.7. The Morgan fingerprint density at radius 1 is 1.29 bits per heavy atom. The highest BCUT2D eigenvalue weighted by Crippen LogP contribution is 2.29. The Bertz CT molecular complexity index is 787. The first kappa shape index (κ1) is 18.0. The lowest BCUT2D eigenvalue weighted by Crippen LogP contribution is -2.25. The first-order valence-electron chi connectivity index (χ1n) is 6.84. The van der Waals surface area contributed by atoms with Gasteiger partial charge in [0.1, 0.15) is 5.82 Å². The highest BCUT2D eigenvalue weighted by Gasteiger charge is 2.24. The van der Waals surface area contributed by atoms with Gasteiger partial charge in [-0.1, -0.05) is 11.6 Å². The molecule has 0 fully saturated rings. The second kappa shape index (κ2) is 7.50. The molecule has 1 aromatic heterocycles. The van der Waals surface area contributed by atoms with Crippen molar-refractivity contribution in [1.82, 2.24) is 10.5 Å². The topological polar surface area (TPSA) is 63.2 Å². The fourth-order valence-corrected chi connectivity index (χ4v) is 2.09. The van der Waals surface area contributed by atoms with Crippen LogP contribution in [0.1, 0.15) is 22.8 Å². The highest BCUT2D eigenvalue weighted by atomic mass is 35.5. The van der Waals surface area contributed by atoms with E-state index in [9.17, 15) is 18.0 Å². The van der Waals surface area contributed by atoms with Crippen molar-refractivity contribution >= 4 is 29.0 Å². The molecule has 0 aliphatic carbocycles. The van der Waals surface area contributed by atoms with Crippen LogP contribution in [0.4, 0.5) is 24.7 Å². The number of pyridine rings is 1. The third-order valence-electron chi connectivity index (χ3n) is 3.00. The average molecular weight is 360 g/mol. The predicted molar refractivity (Wildman–Crippen MR) is 82.7 cm³/mol. The number of carbonyl (C=O) groups is 1. The van der Waals surface area contributed by atoms with E-state index in [-0.39, 0.29) is 12.4 Å². The minimum absolute atomic E-state index is 0.134. The molecule has 0 bridgehead atoms. The first-order chi connectivity index (χ1) is 11.3. The van der Waals surface area contributed by atoms with Gasteiger partial charge >= 0.3 is 0 Å². The molecule has 0 unspecified atom stereocenters. The van der Waals surface area contributed by atoms with E-state index in [1.807, 2.05) is 5.48 Å². The number of benzene rings is 1. The number of nitrogens with zero attached hydrogens (tertiary/aromatic N) is 1. The van der Waals surface area contributed by atoms with E-state index >= 15 is 0 Å². The number of aromatic nitrogens is 1. The van der Waals surface area contributed by atoms with Gasteiger partial charge in [-0.25, -0.2) is 23.6 Å². The minimum atomic E-state index is -1.71. The lowest BCUT2D eigenvalue weighted by atomic mass is 10.1. The SMILES string of the molecule is CCONC(=O)c1cc(F)c(F)c(F)c1Nc1ncc(Cl)cc1C. The molecule has 0 radical (unpaired) electrons. The molecule has 2 aromatic rings. The van der Waals surface area contributed by atoms with E-state index in [0.717, 1.165) is 0 Å². The average Bonchev–Trinajstić information content (AvgIpc) is 2.54. The fraction of sp³-hybridized carbons (Fsp3) is 0.200. The number of halogens is 4. The van der Waals surface area contributed by atoms with Crippen LogP contribution in [0.25, 0.3) is 0 Å². The Morgan fingerprint density at radius 3 is 2.62 bits per heavy atom. The van der Waals surface area contributed by atoms with Crippen LogP contribution >= 0.6 is 11.6 Å². The van der Waals surface area contributed by atoms with E-state index in [0.29, 0.717) is 16.7 Å². The molecular weight excluding hydrogens is 347 g/mol. The molecule has 1 aromatic carbocycles. The van der Waals surface area contributed by atoms with Crippen molar-refractivity contribution in [2.75, 3.05) is 11.9 Å². The van der Waals surface area contributed by atoms with Crippen molar-refractivity contribution in [2.24, 2.45) is 0 Å². The number of nitrogens with one attached hydrogen (secondary N) is 2. The van der Waals surface area contributed by atoms with E-state index < -0.39 is 34.6 Å². The molecule has 128 valence electrons. The van der Waals surface area contributed by atoms with Gasteiger partial charge in [0, 0.05) is 6.20 Å². The zero-order chi connectivity index (χ0) is 17.9. The summed E-state index contributed by atoms with van der Waals surface area (Å²) >= 11 is 5.78. The van der Waals surface area contributed by atoms with Crippen LogP contribution in [0.5, 0.6) is 0 Å². The van der Waals surface area contributed by atoms with E-state index in [2.05, 4.69) is 10.3 Å². The normalized spacial score (nSPS) is 10.6. The number of anilines is 2. The maximum atomic E-state index is 14.1. The van der Waals surface area contributed by atoms with Gasteiger partial charge in [-0.3, -0.25) is 9.63 Å². The third kappa shape index (κ3) is 3.77. The maximum Gasteiger partial charge on any atom is 0.277 e. The third-order valence-corrected chi connectivity index (χ3v) is 3.21. The van der Waals surface area contributed by atoms with Crippen LogP contribution < -0.4 is 10.8 Å². The van der Waals surface area contributed by atoms with Gasteiger partial charge < -0.3 is 5.32 Å². The van der Waals surface area contributed by atoms with Crippen molar-refractivity contribution in [1.29, 1.82) is 0 Å². The van der Waals surface area contributed by atoms with Gasteiger partial charge in [-0.2, -0.15) is 0 Å². The molecule has 1 amide bonds. The molecule has 0 saturated heterocycles. The Morgan fingerprint density at radius 2 is 2.00 bits per heavy atom. The van der Waals surface area contributed by atoms with Crippen LogP contribution in [-0.4, -0.2) is 17.5 Å². The number of rotatable bonds is 5. The van der Waals surface area contributed by atoms with Crippen LogP contribution in [0.2, 0.25) is 5.02 Å². The number of amides is 1. The van der Waals surface area contributed by atoms with Crippen LogP contribution in [0.3, 0.4) is 0 Å². The highest BCUT2D eigenvalue weighted by molar-refractivity contribution is 6.30. The Labute approximate surface area is 140 Å². The van der Waals surface area contributed by atoms with Crippen molar-refractivity contribution < 1.29 is 22.8 Å². The lowest BCUT2D eigenvalue weighted by molar-refractivity contribution is 0.0364. The van der Waals surface area contributed by atoms with Gasteiger partial charge in [-0.05, 0) is 31.5 Å². The molecule has 0 saturated carbocycles. The van der Waals surface area contributed by atoms with E-state index in [1.165, 1.54) is 12.3 Å². The monoisotopic (exact) mass is 359 g/mol. The van der Waals surface area contributed by atoms with Crippen molar-refractivity contribution in [3.63, 3.8) is 0 Å². The number of hydroxylamine groups is 1. The number of aryl methyl sites for hydroxylation is 1. The molecule has 2 N–H and O–H groups in total. The summed E-state index contributed by atoms with van der Waals surface area (Å²) in [4.78, 5) is 20.6. The summed E-state index contributed by atoms with van der Waals surface area (Å²) in [5.74, 6) is -5.57. The van der Waals surface area contributed by atoms with Gasteiger partial charge in [0.05, 0.1) is 22.9 Å². The predicted octanol–water partition coefficient (Wildman–Crippen LogP) is 3.89. The number of carbonyl (C=O) groups excluding carboxylic acids is 1. The van der Waals surface area contributed by atoms with Gasteiger partial charge in [-0.15, -0.1) is 0 Å². The zero-order valence-corrected chi connectivity index (χ0v) is 13.5. The Balaban J connectivity index is 2.50. The summed E-state index contributed by atoms with van der Waals surface area (Å²) in [7, 11) is 0. The van der Waals surface area contributed by atoms with E-state index in [4.69, 9.17) is 16.4 Å². The minimum Gasteiger partial charge on any atom is -0.337 e. The molecule has 9 heteroatoms. The lowest BCUT2D eigenvalue weighted by Gasteiger charge is -2.15. The van der Waals surface area contributed by atoms with Crippen LogP contribution in [-0.2, 0) is 4.84 Å². The summed E-state index contributed by atoms with van der Waals surface area (Å²) in [6, 6.07) is 2.11. The van der Waals surface area contributed by atoms with Gasteiger partial charge in [0.2, 0.25) is 0 Å². The molecule has 0 aliphatic heterocycles. The van der Waals surface area contributed by atoms with Crippen LogP contribution in [0.15, 0.2) is 18.3 Å². The second-order valence-electron chi connectivity index (χ2n) is 4.72. The first-order valence-corrected chi connectivity index (χ1v) is 7.21. The van der Waals surface area contributed by atoms with Crippen molar-refractivity contribution in [2.45, 2.75) is 13.8 Å². The molecule has 2 rings (SSSR count). The van der Waals surface area contributed by atoms with Gasteiger partial charge in [0.25, 0.3) is 5.91 Å². The Kier molecular flexibility index (Phi) is 5.63. The smallest absolute Gasteiger partial charge is 0.277 e. The number of hydrogen-bond acceptors (Lipinski definition) is 4. The second-order valence-corrected chi connectivity index (χ2v) is 5.15. The molecule has 1 heterocycles. The fourth-order valence-electron chi connectivity index (χ4n) is 1.88. The molecule has 0 spiro atoms. The molecule has 0 aliphatic rings. The molecule has 0 atom stereocenters. The standard InChI is InChI=1S/C15H13ClF3N3O2/c1-3-24-22-15(23)9-5-10(17)11(18)12(19)13(9)21-14-7(2)4-8(16)6-20-14/h4-6H,3H2,1-2H3,(H,20,21)(H,22,23). The largest absolute Gasteiger partial charge is 0.337 e. The molecule has 24 heavy (non-hydrogen) atoms. The van der Waals surface area contributed by atoms with Crippen molar-refractivity contribution in [3.8, 4) is 0 Å². The summed E-state index contributed by atoms with van der Waals surface area (Å²) in [6.07, 6.45) is 1.29. The van der Waals surface area contributed by atoms with Crippen LogP contribution in [0, 0.1) is 24.4 Å². The van der Waals surface area contributed by atoms with E-state index in [1.54, 1.807) is 13.8 Å². The summed E-state index contributed by atoms with van der Waals surface area (Å²) in [5.41, 5.74) is 1.47. The summed E-state index contributed by atoms with van der Waals surface area (Å²) in [6.45, 7) is 3.36. The maximum absolute atomic E-state index is 14.1.